The molecule has 0 saturated heterocycles. The van der Waals surface area contributed by atoms with Crippen LogP contribution in [0, 0.1) is 6.92 Å². The summed E-state index contributed by atoms with van der Waals surface area (Å²) in [6, 6.07) is 8.49. The Morgan fingerprint density at radius 1 is 1.20 bits per heavy atom. The number of nitrogens with one attached hydrogen (secondary N) is 2. The summed E-state index contributed by atoms with van der Waals surface area (Å²) >= 11 is 1.67. The highest BCUT2D eigenvalue weighted by molar-refractivity contribution is 7.99. The molecule has 0 aliphatic heterocycles. The van der Waals surface area contributed by atoms with Crippen LogP contribution < -0.4 is 10.2 Å². The molecule has 0 aliphatic carbocycles. The average molecular weight is 295 g/mol. The number of rotatable bonds is 9. The number of amides is 1. The fourth-order valence-electron chi connectivity index (χ4n) is 1.98. The lowest BCUT2D eigenvalue weighted by molar-refractivity contribution is -0.895. The number of carbonyl (C=O) groups is 1. The molecule has 1 rings (SSSR count). The number of carbonyl (C=O) groups excluding carboxylic acids is 1. The van der Waals surface area contributed by atoms with Crippen LogP contribution in [-0.4, -0.2) is 37.8 Å². The molecular formula is C16H27N2OS+. The fourth-order valence-corrected chi connectivity index (χ4v) is 2.80. The molecule has 3 nitrogen and oxygen atoms in total. The van der Waals surface area contributed by atoms with Gasteiger partial charge in [-0.3, -0.25) is 4.79 Å². The van der Waals surface area contributed by atoms with Crippen LogP contribution in [0.4, 0.5) is 0 Å². The quantitative estimate of drug-likeness (QED) is 0.719. The second kappa shape index (κ2) is 9.83. The Morgan fingerprint density at radius 3 is 2.45 bits per heavy atom. The van der Waals surface area contributed by atoms with Crippen molar-refractivity contribution in [1.82, 2.24) is 5.32 Å². The summed E-state index contributed by atoms with van der Waals surface area (Å²) in [6.45, 7) is 10.5. The third-order valence-corrected chi connectivity index (χ3v) is 4.43. The zero-order valence-corrected chi connectivity index (χ0v) is 13.7. The van der Waals surface area contributed by atoms with E-state index in [9.17, 15) is 4.79 Å². The molecule has 1 amide bonds. The highest BCUT2D eigenvalue weighted by atomic mass is 32.2. The minimum absolute atomic E-state index is 0.147. The Labute approximate surface area is 127 Å². The van der Waals surface area contributed by atoms with Crippen molar-refractivity contribution in [2.45, 2.75) is 26.5 Å². The van der Waals surface area contributed by atoms with Crippen molar-refractivity contribution in [2.24, 2.45) is 0 Å². The SMILES string of the molecule is CC[NH+](CC)CCNC(=O)CSCc1ccc(C)cc1. The molecule has 4 heteroatoms. The number of hydrogen-bond acceptors (Lipinski definition) is 2. The summed E-state index contributed by atoms with van der Waals surface area (Å²) in [6.07, 6.45) is 0. The van der Waals surface area contributed by atoms with Crippen molar-refractivity contribution in [1.29, 1.82) is 0 Å². The van der Waals surface area contributed by atoms with Crippen molar-refractivity contribution in [3.05, 3.63) is 35.4 Å². The normalized spacial score (nSPS) is 10.8. The van der Waals surface area contributed by atoms with Gasteiger partial charge in [-0.1, -0.05) is 29.8 Å². The van der Waals surface area contributed by atoms with E-state index in [1.54, 1.807) is 11.8 Å². The van der Waals surface area contributed by atoms with Crippen LogP contribution in [0.1, 0.15) is 25.0 Å². The Hall–Kier alpha value is -1.00. The largest absolute Gasteiger partial charge is 0.350 e. The minimum Gasteiger partial charge on any atom is -0.350 e. The van der Waals surface area contributed by atoms with E-state index in [0.29, 0.717) is 5.75 Å². The first-order chi connectivity index (χ1) is 9.65. The maximum atomic E-state index is 11.7. The number of hydrogen-bond donors (Lipinski definition) is 2. The maximum absolute atomic E-state index is 11.7. The molecule has 0 spiro atoms. The molecule has 0 aromatic heterocycles. The van der Waals surface area contributed by atoms with Crippen LogP contribution >= 0.6 is 11.8 Å². The standard InChI is InChI=1S/C16H26N2OS/c1-4-18(5-2)11-10-17-16(19)13-20-12-15-8-6-14(3)7-9-15/h6-9H,4-5,10-13H2,1-3H3,(H,17,19)/p+1. The molecular weight excluding hydrogens is 268 g/mol. The monoisotopic (exact) mass is 295 g/mol. The Kier molecular flexibility index (Phi) is 8.38. The summed E-state index contributed by atoms with van der Waals surface area (Å²) in [5, 5.41) is 3.00. The molecule has 0 atom stereocenters. The van der Waals surface area contributed by atoms with E-state index in [2.05, 4.69) is 50.4 Å². The molecule has 0 radical (unpaired) electrons. The maximum Gasteiger partial charge on any atom is 0.230 e. The van der Waals surface area contributed by atoms with Crippen molar-refractivity contribution < 1.29 is 9.69 Å². The number of benzene rings is 1. The summed E-state index contributed by atoms with van der Waals surface area (Å²) in [7, 11) is 0. The van der Waals surface area contributed by atoms with Gasteiger partial charge in [0.05, 0.1) is 31.9 Å². The highest BCUT2D eigenvalue weighted by Gasteiger charge is 2.05. The van der Waals surface area contributed by atoms with Gasteiger partial charge in [0.2, 0.25) is 5.91 Å². The van der Waals surface area contributed by atoms with Crippen molar-refractivity contribution >= 4 is 17.7 Å². The third kappa shape index (κ3) is 6.96. The fraction of sp³-hybridized carbons (Fsp3) is 0.562. The third-order valence-electron chi connectivity index (χ3n) is 3.42. The van der Waals surface area contributed by atoms with Gasteiger partial charge in [0, 0.05) is 5.75 Å². The van der Waals surface area contributed by atoms with Crippen LogP contribution in [-0.2, 0) is 10.5 Å². The lowest BCUT2D eigenvalue weighted by atomic mass is 10.2. The Balaban J connectivity index is 2.12. The number of thioether (sulfide) groups is 1. The molecule has 112 valence electrons. The molecule has 20 heavy (non-hydrogen) atoms. The summed E-state index contributed by atoms with van der Waals surface area (Å²) < 4.78 is 0. The van der Waals surface area contributed by atoms with Crippen LogP contribution in [0.3, 0.4) is 0 Å². The lowest BCUT2D eigenvalue weighted by Gasteiger charge is -2.15. The second-order valence-corrected chi connectivity index (χ2v) is 6.02. The predicted octanol–water partition coefficient (Wildman–Crippen LogP) is 1.27. The summed E-state index contributed by atoms with van der Waals surface area (Å²) in [5.74, 6) is 1.59. The minimum atomic E-state index is 0.147. The van der Waals surface area contributed by atoms with Crippen LogP contribution in [0.5, 0.6) is 0 Å². The average Bonchev–Trinajstić information content (AvgIpc) is 2.46. The van der Waals surface area contributed by atoms with E-state index in [1.807, 2.05) is 0 Å². The van der Waals surface area contributed by atoms with Gasteiger partial charge in [-0.05, 0) is 26.3 Å². The van der Waals surface area contributed by atoms with Gasteiger partial charge in [0.15, 0.2) is 0 Å². The van der Waals surface area contributed by atoms with Crippen LogP contribution in [0.2, 0.25) is 0 Å². The first-order valence-electron chi connectivity index (χ1n) is 7.39. The van der Waals surface area contributed by atoms with Crippen molar-refractivity contribution in [3.63, 3.8) is 0 Å². The van der Waals surface area contributed by atoms with Gasteiger partial charge in [-0.2, -0.15) is 0 Å². The smallest absolute Gasteiger partial charge is 0.230 e. The molecule has 2 N–H and O–H groups in total. The summed E-state index contributed by atoms with van der Waals surface area (Å²) in [4.78, 5) is 13.2. The van der Waals surface area contributed by atoms with Crippen LogP contribution in [0.25, 0.3) is 0 Å². The van der Waals surface area contributed by atoms with Gasteiger partial charge in [0.25, 0.3) is 0 Å². The van der Waals surface area contributed by atoms with E-state index in [-0.39, 0.29) is 5.91 Å². The van der Waals surface area contributed by atoms with Crippen LogP contribution in [0.15, 0.2) is 24.3 Å². The van der Waals surface area contributed by atoms with E-state index < -0.39 is 0 Å². The zero-order valence-electron chi connectivity index (χ0n) is 12.9. The molecule has 1 aromatic carbocycles. The van der Waals surface area contributed by atoms with Crippen molar-refractivity contribution in [2.75, 3.05) is 31.9 Å². The molecule has 0 unspecified atom stereocenters. The topological polar surface area (TPSA) is 33.5 Å². The molecule has 0 aliphatic rings. The zero-order chi connectivity index (χ0) is 14.8. The van der Waals surface area contributed by atoms with Gasteiger partial charge < -0.3 is 10.2 Å². The Morgan fingerprint density at radius 2 is 1.85 bits per heavy atom. The molecule has 0 saturated carbocycles. The van der Waals surface area contributed by atoms with E-state index in [1.165, 1.54) is 16.0 Å². The first kappa shape index (κ1) is 17.1. The molecule has 0 heterocycles. The first-order valence-corrected chi connectivity index (χ1v) is 8.54. The number of aryl methyl sites for hydroxylation is 1. The lowest BCUT2D eigenvalue weighted by Crippen LogP contribution is -3.12. The molecule has 1 aromatic rings. The van der Waals surface area contributed by atoms with E-state index in [4.69, 9.17) is 0 Å². The predicted molar refractivity (Wildman–Crippen MR) is 87.3 cm³/mol. The van der Waals surface area contributed by atoms with E-state index in [0.717, 1.165) is 31.9 Å². The number of likely N-dealkylation sites (N-methyl/N-ethyl adjacent to an activating group) is 1. The van der Waals surface area contributed by atoms with Gasteiger partial charge in [-0.15, -0.1) is 11.8 Å². The van der Waals surface area contributed by atoms with Gasteiger partial charge in [-0.25, -0.2) is 0 Å². The van der Waals surface area contributed by atoms with Crippen molar-refractivity contribution in [3.8, 4) is 0 Å². The van der Waals surface area contributed by atoms with E-state index >= 15 is 0 Å². The number of quaternary nitrogens is 1. The Bertz CT molecular complexity index is 388. The highest BCUT2D eigenvalue weighted by Crippen LogP contribution is 2.12. The molecule has 0 fully saturated rings. The second-order valence-electron chi connectivity index (χ2n) is 5.04. The van der Waals surface area contributed by atoms with Gasteiger partial charge >= 0.3 is 0 Å². The van der Waals surface area contributed by atoms with Gasteiger partial charge in [0.1, 0.15) is 0 Å². The molecule has 0 bridgehead atoms. The summed E-state index contributed by atoms with van der Waals surface area (Å²) in [5.41, 5.74) is 2.55.